The molecule has 0 aliphatic carbocycles. The van der Waals surface area contributed by atoms with Crippen molar-refractivity contribution < 1.29 is 14.3 Å². The summed E-state index contributed by atoms with van der Waals surface area (Å²) in [5.74, 6) is 2.01. The number of hydrogen-bond acceptors (Lipinski definition) is 5. The molecule has 6 heteroatoms. The highest BCUT2D eigenvalue weighted by Gasteiger charge is 2.42. The molecule has 1 amide bonds. The summed E-state index contributed by atoms with van der Waals surface area (Å²) in [5, 5.41) is 0. The van der Waals surface area contributed by atoms with Crippen LogP contribution in [-0.2, 0) is 11.3 Å². The van der Waals surface area contributed by atoms with Crippen LogP contribution in [0.25, 0.3) is 0 Å². The van der Waals surface area contributed by atoms with Crippen molar-refractivity contribution in [3.8, 4) is 11.5 Å². The smallest absolute Gasteiger partial charge is 0.231 e. The lowest BCUT2D eigenvalue weighted by atomic mass is 9.96. The molecule has 3 heterocycles. The van der Waals surface area contributed by atoms with Gasteiger partial charge >= 0.3 is 0 Å². The minimum atomic E-state index is 0.316. The summed E-state index contributed by atoms with van der Waals surface area (Å²) in [5.41, 5.74) is 1.25. The Kier molecular flexibility index (Phi) is 4.56. The molecule has 6 nitrogen and oxygen atoms in total. The van der Waals surface area contributed by atoms with E-state index in [9.17, 15) is 4.79 Å². The number of rotatable bonds is 5. The Balaban J connectivity index is 1.44. The first-order chi connectivity index (χ1) is 12.1. The largest absolute Gasteiger partial charge is 0.454 e. The number of carbonyl (C=O) groups excluding carboxylic acids is 1. The normalized spacial score (nSPS) is 25.7. The second-order valence-corrected chi connectivity index (χ2v) is 7.51. The molecule has 136 valence electrons. The minimum absolute atomic E-state index is 0.316. The maximum atomic E-state index is 12.4. The highest BCUT2D eigenvalue weighted by Crippen LogP contribution is 2.35. The Morgan fingerprint density at radius 3 is 2.84 bits per heavy atom. The number of piperidine rings is 1. The summed E-state index contributed by atoms with van der Waals surface area (Å²) >= 11 is 0. The van der Waals surface area contributed by atoms with Crippen LogP contribution in [0.1, 0.15) is 24.8 Å². The van der Waals surface area contributed by atoms with Gasteiger partial charge < -0.3 is 19.3 Å². The number of nitrogens with zero attached hydrogens (tertiary/aromatic N) is 3. The molecule has 0 bridgehead atoms. The Hall–Kier alpha value is -1.79. The number of likely N-dealkylation sites (tertiary alicyclic amines) is 2. The van der Waals surface area contributed by atoms with Crippen LogP contribution in [0.4, 0.5) is 0 Å². The molecule has 1 aromatic carbocycles. The number of amides is 1. The van der Waals surface area contributed by atoms with Gasteiger partial charge in [-0.3, -0.25) is 9.69 Å². The van der Waals surface area contributed by atoms with E-state index in [0.29, 0.717) is 31.2 Å². The molecule has 0 unspecified atom stereocenters. The molecule has 0 saturated carbocycles. The van der Waals surface area contributed by atoms with Crippen LogP contribution in [0.5, 0.6) is 11.5 Å². The molecule has 3 aliphatic rings. The first kappa shape index (κ1) is 16.7. The molecule has 1 aromatic rings. The summed E-state index contributed by atoms with van der Waals surface area (Å²) in [7, 11) is 4.12. The van der Waals surface area contributed by atoms with Crippen molar-refractivity contribution in [1.82, 2.24) is 14.7 Å². The van der Waals surface area contributed by atoms with E-state index in [1.54, 1.807) is 0 Å². The Morgan fingerprint density at radius 1 is 1.16 bits per heavy atom. The lowest BCUT2D eigenvalue weighted by Crippen LogP contribution is -2.53. The van der Waals surface area contributed by atoms with Crippen LogP contribution < -0.4 is 9.47 Å². The van der Waals surface area contributed by atoms with Gasteiger partial charge in [0.2, 0.25) is 12.7 Å². The molecule has 0 aromatic heterocycles. The molecule has 2 saturated heterocycles. The van der Waals surface area contributed by atoms with Gasteiger partial charge in [-0.05, 0) is 44.6 Å². The zero-order valence-electron chi connectivity index (χ0n) is 15.1. The Morgan fingerprint density at radius 2 is 2.00 bits per heavy atom. The van der Waals surface area contributed by atoms with Gasteiger partial charge in [-0.2, -0.15) is 0 Å². The van der Waals surface area contributed by atoms with Crippen LogP contribution in [0.2, 0.25) is 0 Å². The van der Waals surface area contributed by atoms with Crippen LogP contribution in [0.3, 0.4) is 0 Å². The third kappa shape index (κ3) is 3.33. The lowest BCUT2D eigenvalue weighted by molar-refractivity contribution is -0.137. The zero-order chi connectivity index (χ0) is 17.4. The minimum Gasteiger partial charge on any atom is -0.454 e. The standard InChI is InChI=1S/C19H27N3O3/c1-20(2)9-10-22-16-7-8-21(15(16)4-6-19(22)23)12-14-3-5-17-18(11-14)25-13-24-17/h3,5,11,15-16H,4,6-10,12-13H2,1-2H3/t15-,16-/m1/s1. The Labute approximate surface area is 149 Å². The predicted molar refractivity (Wildman–Crippen MR) is 94.7 cm³/mol. The first-order valence-corrected chi connectivity index (χ1v) is 9.18. The fourth-order valence-corrected chi connectivity index (χ4v) is 4.31. The van der Waals surface area contributed by atoms with Gasteiger partial charge in [0, 0.05) is 44.7 Å². The zero-order valence-corrected chi connectivity index (χ0v) is 15.1. The van der Waals surface area contributed by atoms with Gasteiger partial charge in [0.15, 0.2) is 11.5 Å². The van der Waals surface area contributed by atoms with Gasteiger partial charge in [-0.25, -0.2) is 0 Å². The van der Waals surface area contributed by atoms with Crippen molar-refractivity contribution in [1.29, 1.82) is 0 Å². The lowest BCUT2D eigenvalue weighted by Gasteiger charge is -2.40. The van der Waals surface area contributed by atoms with Crippen LogP contribution >= 0.6 is 0 Å². The van der Waals surface area contributed by atoms with Crippen molar-refractivity contribution >= 4 is 5.91 Å². The first-order valence-electron chi connectivity index (χ1n) is 9.18. The van der Waals surface area contributed by atoms with Crippen molar-refractivity contribution in [2.45, 2.75) is 37.9 Å². The fourth-order valence-electron chi connectivity index (χ4n) is 4.31. The maximum Gasteiger partial charge on any atom is 0.231 e. The predicted octanol–water partition coefficient (Wildman–Crippen LogP) is 1.54. The third-order valence-electron chi connectivity index (χ3n) is 5.61. The van der Waals surface area contributed by atoms with Crippen LogP contribution in [-0.4, -0.2) is 73.2 Å². The van der Waals surface area contributed by atoms with Crippen LogP contribution in [0.15, 0.2) is 18.2 Å². The number of hydrogen-bond donors (Lipinski definition) is 0. The van der Waals surface area contributed by atoms with E-state index in [1.807, 2.05) is 6.07 Å². The molecule has 0 N–H and O–H groups in total. The Bertz CT molecular complexity index is 649. The molecule has 4 rings (SSSR count). The van der Waals surface area contributed by atoms with E-state index in [2.05, 4.69) is 40.9 Å². The van der Waals surface area contributed by atoms with E-state index >= 15 is 0 Å². The highest BCUT2D eigenvalue weighted by molar-refractivity contribution is 5.77. The van der Waals surface area contributed by atoms with Gasteiger partial charge in [-0.15, -0.1) is 0 Å². The summed E-state index contributed by atoms with van der Waals surface area (Å²) in [6, 6.07) is 7.06. The van der Waals surface area contributed by atoms with E-state index in [0.717, 1.165) is 50.5 Å². The highest BCUT2D eigenvalue weighted by atomic mass is 16.7. The van der Waals surface area contributed by atoms with Crippen molar-refractivity contribution in [3.05, 3.63) is 23.8 Å². The van der Waals surface area contributed by atoms with Crippen molar-refractivity contribution in [2.24, 2.45) is 0 Å². The topological polar surface area (TPSA) is 45.2 Å². The van der Waals surface area contributed by atoms with Gasteiger partial charge in [0.1, 0.15) is 0 Å². The summed E-state index contributed by atoms with van der Waals surface area (Å²) < 4.78 is 10.9. The fraction of sp³-hybridized carbons (Fsp3) is 0.632. The average Bonchev–Trinajstić information content (AvgIpc) is 3.20. The summed E-state index contributed by atoms with van der Waals surface area (Å²) in [6.07, 6.45) is 2.73. The maximum absolute atomic E-state index is 12.4. The molecule has 0 spiro atoms. The van der Waals surface area contributed by atoms with Gasteiger partial charge in [-0.1, -0.05) is 6.07 Å². The van der Waals surface area contributed by atoms with Crippen molar-refractivity contribution in [3.63, 3.8) is 0 Å². The second kappa shape index (κ2) is 6.84. The number of carbonyl (C=O) groups is 1. The molecule has 25 heavy (non-hydrogen) atoms. The van der Waals surface area contributed by atoms with Gasteiger partial charge in [0.05, 0.1) is 0 Å². The molecule has 2 atom stereocenters. The van der Waals surface area contributed by atoms with Crippen LogP contribution in [0, 0.1) is 0 Å². The second-order valence-electron chi connectivity index (χ2n) is 7.51. The van der Waals surface area contributed by atoms with Crippen molar-refractivity contribution in [2.75, 3.05) is 40.5 Å². The molecular formula is C19H27N3O3. The monoisotopic (exact) mass is 345 g/mol. The molecule has 2 fully saturated rings. The number of benzene rings is 1. The number of ether oxygens (including phenoxy) is 2. The summed E-state index contributed by atoms with van der Waals surface area (Å²) in [4.78, 5) is 19.2. The SMILES string of the molecule is CN(C)CCN1C(=O)CC[C@@H]2[C@H]1CCN2Cc1ccc2c(c1)OCO2. The number of fused-ring (bicyclic) bond motifs is 2. The molecule has 3 aliphatic heterocycles. The number of likely N-dealkylation sites (N-methyl/N-ethyl adjacent to an activating group) is 1. The quantitative estimate of drug-likeness (QED) is 0.810. The third-order valence-corrected chi connectivity index (χ3v) is 5.61. The molecular weight excluding hydrogens is 318 g/mol. The average molecular weight is 345 g/mol. The van der Waals surface area contributed by atoms with E-state index in [1.165, 1.54) is 5.56 Å². The van der Waals surface area contributed by atoms with E-state index in [4.69, 9.17) is 9.47 Å². The summed E-state index contributed by atoms with van der Waals surface area (Å²) in [6.45, 7) is 4.04. The van der Waals surface area contributed by atoms with E-state index in [-0.39, 0.29) is 0 Å². The van der Waals surface area contributed by atoms with Gasteiger partial charge in [0.25, 0.3) is 0 Å². The molecule has 0 radical (unpaired) electrons. The van der Waals surface area contributed by atoms with E-state index < -0.39 is 0 Å².